The van der Waals surface area contributed by atoms with Crippen LogP contribution in [0.1, 0.15) is 17.3 Å². The maximum Gasteiger partial charge on any atom is 0.300 e. The summed E-state index contributed by atoms with van der Waals surface area (Å²) >= 11 is 0. The number of ketones is 1. The minimum atomic E-state index is -0.787. The summed E-state index contributed by atoms with van der Waals surface area (Å²) in [5.74, 6) is -1.11. The third kappa shape index (κ3) is 3.25. The number of carbonyl (C=O) groups excluding carboxylic acids is 2. The van der Waals surface area contributed by atoms with Gasteiger partial charge in [0.25, 0.3) is 11.7 Å². The number of aliphatic hydroxyl groups is 1. The molecule has 0 spiro atoms. The SMILES string of the molecule is COc1ccc(C2/C(=C(/O)c3ccccn3)C(=O)C(=O)N2c2ccccc2)cc1. The number of aliphatic hydroxyl groups excluding tert-OH is 1. The molecule has 1 unspecified atom stereocenters. The van der Waals surface area contributed by atoms with E-state index in [4.69, 9.17) is 4.74 Å². The first-order chi connectivity index (χ1) is 14.1. The van der Waals surface area contributed by atoms with Gasteiger partial charge in [-0.2, -0.15) is 0 Å². The summed E-state index contributed by atoms with van der Waals surface area (Å²) in [4.78, 5) is 31.4. The molecule has 6 heteroatoms. The van der Waals surface area contributed by atoms with Crippen molar-refractivity contribution in [1.29, 1.82) is 0 Å². The number of hydrogen-bond donors (Lipinski definition) is 1. The highest BCUT2D eigenvalue weighted by Gasteiger charge is 2.47. The highest BCUT2D eigenvalue weighted by Crippen LogP contribution is 2.42. The summed E-state index contributed by atoms with van der Waals surface area (Å²) in [6.45, 7) is 0. The Balaban J connectivity index is 1.93. The minimum absolute atomic E-state index is 0.00252. The highest BCUT2D eigenvalue weighted by molar-refractivity contribution is 6.51. The van der Waals surface area contributed by atoms with Gasteiger partial charge in [0.05, 0.1) is 18.7 Å². The van der Waals surface area contributed by atoms with Crippen molar-refractivity contribution >= 4 is 23.1 Å². The lowest BCUT2D eigenvalue weighted by Gasteiger charge is -2.25. The van der Waals surface area contributed by atoms with Crippen molar-refractivity contribution in [3.05, 3.63) is 95.8 Å². The van der Waals surface area contributed by atoms with Gasteiger partial charge in [-0.25, -0.2) is 0 Å². The lowest BCUT2D eigenvalue weighted by Crippen LogP contribution is -2.29. The van der Waals surface area contributed by atoms with E-state index in [0.717, 1.165) is 0 Å². The van der Waals surface area contributed by atoms with Crippen LogP contribution in [0.5, 0.6) is 5.75 Å². The third-order valence-electron chi connectivity index (χ3n) is 4.82. The molecule has 0 bridgehead atoms. The van der Waals surface area contributed by atoms with Crippen molar-refractivity contribution in [1.82, 2.24) is 4.98 Å². The van der Waals surface area contributed by atoms with E-state index in [2.05, 4.69) is 4.98 Å². The first-order valence-corrected chi connectivity index (χ1v) is 9.03. The number of Topliss-reactive ketones (excluding diaryl/α,β-unsaturated/α-hetero) is 1. The van der Waals surface area contributed by atoms with Crippen LogP contribution in [0.15, 0.2) is 84.6 Å². The molecule has 29 heavy (non-hydrogen) atoms. The van der Waals surface area contributed by atoms with Crippen LogP contribution in [0.4, 0.5) is 5.69 Å². The maximum atomic E-state index is 12.9. The van der Waals surface area contributed by atoms with Crippen LogP contribution >= 0.6 is 0 Å². The molecule has 0 radical (unpaired) electrons. The number of nitrogens with zero attached hydrogens (tertiary/aromatic N) is 2. The molecule has 4 rings (SSSR count). The fourth-order valence-electron chi connectivity index (χ4n) is 3.43. The second kappa shape index (κ2) is 7.59. The lowest BCUT2D eigenvalue weighted by molar-refractivity contribution is -0.132. The Bertz CT molecular complexity index is 1080. The van der Waals surface area contributed by atoms with Gasteiger partial charge in [0.15, 0.2) is 5.76 Å². The van der Waals surface area contributed by atoms with Crippen molar-refractivity contribution in [3.8, 4) is 5.75 Å². The van der Waals surface area contributed by atoms with E-state index in [1.807, 2.05) is 6.07 Å². The Morgan fingerprint density at radius 1 is 0.966 bits per heavy atom. The number of aromatic nitrogens is 1. The van der Waals surface area contributed by atoms with Crippen molar-refractivity contribution in [3.63, 3.8) is 0 Å². The fraction of sp³-hybridized carbons (Fsp3) is 0.0870. The third-order valence-corrected chi connectivity index (χ3v) is 4.82. The smallest absolute Gasteiger partial charge is 0.300 e. The average molecular weight is 386 g/mol. The molecule has 1 amide bonds. The van der Waals surface area contributed by atoms with E-state index >= 15 is 0 Å². The normalized spacial score (nSPS) is 18.1. The molecule has 1 fully saturated rings. The van der Waals surface area contributed by atoms with Crippen LogP contribution in [0.3, 0.4) is 0 Å². The Kier molecular flexibility index (Phi) is 4.83. The molecule has 1 atom stereocenters. The van der Waals surface area contributed by atoms with Crippen LogP contribution in [0.25, 0.3) is 5.76 Å². The standard InChI is InChI=1S/C23H18N2O4/c1-29-17-12-10-15(11-13-17)20-19(21(26)18-9-5-6-14-24-18)22(27)23(28)25(20)16-7-3-2-4-8-16/h2-14,20,26H,1H3/b21-19-. The zero-order chi connectivity index (χ0) is 20.4. The number of rotatable bonds is 4. The van der Waals surface area contributed by atoms with Gasteiger partial charge in [0.1, 0.15) is 11.4 Å². The van der Waals surface area contributed by atoms with Crippen LogP contribution in [-0.2, 0) is 9.59 Å². The summed E-state index contributed by atoms with van der Waals surface area (Å²) in [5.41, 5.74) is 1.47. The van der Waals surface area contributed by atoms with E-state index in [1.54, 1.807) is 73.8 Å². The van der Waals surface area contributed by atoms with Crippen molar-refractivity contribution in [2.45, 2.75) is 6.04 Å². The van der Waals surface area contributed by atoms with E-state index < -0.39 is 17.7 Å². The Hall–Kier alpha value is -3.93. The second-order valence-electron chi connectivity index (χ2n) is 6.49. The number of hydrogen-bond acceptors (Lipinski definition) is 5. The molecule has 1 saturated heterocycles. The zero-order valence-corrected chi connectivity index (χ0v) is 15.6. The number of pyridine rings is 1. The van der Waals surface area contributed by atoms with Gasteiger partial charge in [0.2, 0.25) is 0 Å². The molecule has 144 valence electrons. The predicted molar refractivity (Wildman–Crippen MR) is 108 cm³/mol. The topological polar surface area (TPSA) is 79.7 Å². The molecule has 0 aliphatic carbocycles. The molecule has 1 aromatic heterocycles. The Morgan fingerprint density at radius 3 is 2.28 bits per heavy atom. The van der Waals surface area contributed by atoms with Gasteiger partial charge in [-0.15, -0.1) is 0 Å². The number of carbonyl (C=O) groups is 2. The molecule has 0 saturated carbocycles. The van der Waals surface area contributed by atoms with Gasteiger partial charge in [-0.1, -0.05) is 36.4 Å². The second-order valence-corrected chi connectivity index (χ2v) is 6.49. The van der Waals surface area contributed by atoms with Gasteiger partial charge in [-0.05, 0) is 42.0 Å². The summed E-state index contributed by atoms with van der Waals surface area (Å²) in [6, 6.07) is 20.2. The van der Waals surface area contributed by atoms with Gasteiger partial charge < -0.3 is 9.84 Å². The van der Waals surface area contributed by atoms with Crippen LogP contribution < -0.4 is 9.64 Å². The van der Waals surface area contributed by atoms with E-state index in [0.29, 0.717) is 17.0 Å². The molecular weight excluding hydrogens is 368 g/mol. The number of amides is 1. The quantitative estimate of drug-likeness (QED) is 0.420. The molecule has 3 aromatic rings. The zero-order valence-electron chi connectivity index (χ0n) is 15.6. The number of anilines is 1. The summed E-state index contributed by atoms with van der Waals surface area (Å²) in [7, 11) is 1.56. The van der Waals surface area contributed by atoms with Crippen LogP contribution in [0.2, 0.25) is 0 Å². The van der Waals surface area contributed by atoms with Crippen molar-refractivity contribution in [2.75, 3.05) is 12.0 Å². The highest BCUT2D eigenvalue weighted by atomic mass is 16.5. The van der Waals surface area contributed by atoms with Crippen LogP contribution in [0, 0.1) is 0 Å². The molecular formula is C23H18N2O4. The van der Waals surface area contributed by atoms with Gasteiger partial charge in [0, 0.05) is 11.9 Å². The molecule has 2 aromatic carbocycles. The Labute approximate surface area is 167 Å². The number of para-hydroxylation sites is 1. The fourth-order valence-corrected chi connectivity index (χ4v) is 3.43. The lowest BCUT2D eigenvalue weighted by atomic mass is 9.96. The molecule has 6 nitrogen and oxygen atoms in total. The number of benzene rings is 2. The van der Waals surface area contributed by atoms with E-state index in [-0.39, 0.29) is 17.0 Å². The monoisotopic (exact) mass is 386 g/mol. The maximum absolute atomic E-state index is 12.9. The number of ether oxygens (including phenoxy) is 1. The van der Waals surface area contributed by atoms with Gasteiger partial charge >= 0.3 is 0 Å². The van der Waals surface area contributed by atoms with Gasteiger partial charge in [-0.3, -0.25) is 19.5 Å². The van der Waals surface area contributed by atoms with E-state index in [9.17, 15) is 14.7 Å². The molecule has 1 aliphatic heterocycles. The minimum Gasteiger partial charge on any atom is -0.505 e. The first-order valence-electron chi connectivity index (χ1n) is 9.03. The number of methoxy groups -OCH3 is 1. The summed E-state index contributed by atoms with van der Waals surface area (Å²) in [6.07, 6.45) is 1.52. The van der Waals surface area contributed by atoms with Crippen molar-refractivity contribution in [2.24, 2.45) is 0 Å². The molecule has 1 N–H and O–H groups in total. The molecule has 2 heterocycles. The largest absolute Gasteiger partial charge is 0.505 e. The summed E-state index contributed by atoms with van der Waals surface area (Å²) < 4.78 is 5.21. The molecule has 1 aliphatic rings. The summed E-state index contributed by atoms with van der Waals surface area (Å²) in [5, 5.41) is 10.9. The Morgan fingerprint density at radius 2 is 1.66 bits per heavy atom. The van der Waals surface area contributed by atoms with E-state index in [1.165, 1.54) is 11.1 Å². The van der Waals surface area contributed by atoms with Crippen LogP contribution in [-0.4, -0.2) is 28.9 Å². The van der Waals surface area contributed by atoms with Crippen molar-refractivity contribution < 1.29 is 19.4 Å². The first kappa shape index (κ1) is 18.4. The average Bonchev–Trinajstić information content (AvgIpc) is 3.05. The predicted octanol–water partition coefficient (Wildman–Crippen LogP) is 3.72.